The molecule has 0 aromatic heterocycles. The zero-order valence-corrected chi connectivity index (χ0v) is 7.40. The van der Waals surface area contributed by atoms with Crippen LogP contribution >= 0.6 is 11.6 Å². The first kappa shape index (κ1) is 10.2. The summed E-state index contributed by atoms with van der Waals surface area (Å²) in [6.07, 6.45) is 5.32. The van der Waals surface area contributed by atoms with Gasteiger partial charge in [0, 0.05) is 12.0 Å². The maximum Gasteiger partial charge on any atom is 0.0431 e. The summed E-state index contributed by atoms with van der Waals surface area (Å²) >= 11 is 5.93. The average molecular weight is 165 g/mol. The van der Waals surface area contributed by atoms with E-state index in [2.05, 4.69) is 6.92 Å². The van der Waals surface area contributed by atoms with Crippen LogP contribution in [0, 0.1) is 0 Å². The molecular weight excluding hydrogens is 148 g/mol. The molecule has 0 aliphatic rings. The van der Waals surface area contributed by atoms with Gasteiger partial charge in [0.2, 0.25) is 0 Å². The molecule has 0 saturated carbocycles. The molecule has 1 atom stereocenters. The van der Waals surface area contributed by atoms with Gasteiger partial charge in [0.25, 0.3) is 0 Å². The predicted molar refractivity (Wildman–Crippen MR) is 45.5 cm³/mol. The molecule has 0 saturated heterocycles. The van der Waals surface area contributed by atoms with E-state index >= 15 is 0 Å². The monoisotopic (exact) mass is 164 g/mol. The molecule has 0 bridgehead atoms. The minimum Gasteiger partial charge on any atom is -0.396 e. The van der Waals surface area contributed by atoms with Crippen molar-refractivity contribution < 1.29 is 5.11 Å². The molecule has 0 aromatic carbocycles. The van der Waals surface area contributed by atoms with Crippen LogP contribution in [-0.2, 0) is 0 Å². The summed E-state index contributed by atoms with van der Waals surface area (Å²) in [7, 11) is 0. The molecule has 0 aliphatic carbocycles. The fourth-order valence-electron chi connectivity index (χ4n) is 0.883. The second kappa shape index (κ2) is 7.36. The Morgan fingerprint density at radius 3 is 2.40 bits per heavy atom. The van der Waals surface area contributed by atoms with Gasteiger partial charge in [-0.05, 0) is 19.3 Å². The SMILES string of the molecule is CCCCC(Cl)CCCO. The van der Waals surface area contributed by atoms with Gasteiger partial charge in [-0.25, -0.2) is 0 Å². The molecule has 0 heterocycles. The van der Waals surface area contributed by atoms with Crippen LogP contribution in [0.5, 0.6) is 0 Å². The largest absolute Gasteiger partial charge is 0.396 e. The van der Waals surface area contributed by atoms with Crippen LogP contribution in [0.1, 0.15) is 39.0 Å². The third kappa shape index (κ3) is 6.37. The number of alkyl halides is 1. The van der Waals surface area contributed by atoms with Gasteiger partial charge in [0.05, 0.1) is 0 Å². The summed E-state index contributed by atoms with van der Waals surface area (Å²) in [6.45, 7) is 2.44. The highest BCUT2D eigenvalue weighted by Gasteiger charge is 2.01. The smallest absolute Gasteiger partial charge is 0.0431 e. The zero-order valence-electron chi connectivity index (χ0n) is 6.65. The van der Waals surface area contributed by atoms with Crippen LogP contribution in [0.25, 0.3) is 0 Å². The molecule has 1 unspecified atom stereocenters. The van der Waals surface area contributed by atoms with Crippen LogP contribution in [-0.4, -0.2) is 17.1 Å². The Kier molecular flexibility index (Phi) is 7.54. The molecule has 0 rings (SSSR count). The number of hydrogen-bond acceptors (Lipinski definition) is 1. The lowest BCUT2D eigenvalue weighted by Gasteiger charge is -2.05. The van der Waals surface area contributed by atoms with Gasteiger partial charge >= 0.3 is 0 Å². The van der Waals surface area contributed by atoms with Crippen LogP contribution in [0.4, 0.5) is 0 Å². The Morgan fingerprint density at radius 2 is 1.90 bits per heavy atom. The highest BCUT2D eigenvalue weighted by atomic mass is 35.5. The summed E-state index contributed by atoms with van der Waals surface area (Å²) in [5.41, 5.74) is 0. The molecule has 0 aliphatic heterocycles. The summed E-state index contributed by atoms with van der Waals surface area (Å²) in [5, 5.41) is 8.77. The molecule has 2 heteroatoms. The van der Waals surface area contributed by atoms with Crippen molar-refractivity contribution in [1.29, 1.82) is 0 Å². The number of halogens is 1. The first-order chi connectivity index (χ1) is 4.81. The van der Waals surface area contributed by atoms with Gasteiger partial charge in [0.15, 0.2) is 0 Å². The highest BCUT2D eigenvalue weighted by molar-refractivity contribution is 6.20. The standard InChI is InChI=1S/C8H17ClO/c1-2-3-5-8(9)6-4-7-10/h8,10H,2-7H2,1H3. The topological polar surface area (TPSA) is 20.2 Å². The van der Waals surface area contributed by atoms with E-state index in [1.54, 1.807) is 0 Å². The fraction of sp³-hybridized carbons (Fsp3) is 1.00. The summed E-state index contributed by atoms with van der Waals surface area (Å²) in [4.78, 5) is 0. The third-order valence-electron chi connectivity index (χ3n) is 1.55. The number of aliphatic hydroxyl groups is 1. The molecule has 0 amide bonds. The van der Waals surface area contributed by atoms with E-state index in [0.717, 1.165) is 19.3 Å². The fourth-order valence-corrected chi connectivity index (χ4v) is 1.19. The molecule has 0 aromatic rings. The van der Waals surface area contributed by atoms with Gasteiger partial charge in [0.1, 0.15) is 0 Å². The van der Waals surface area contributed by atoms with Crippen LogP contribution in [0.3, 0.4) is 0 Å². The Labute approximate surface area is 68.4 Å². The summed E-state index contributed by atoms with van der Waals surface area (Å²) < 4.78 is 0. The summed E-state index contributed by atoms with van der Waals surface area (Å²) in [6, 6.07) is 0. The highest BCUT2D eigenvalue weighted by Crippen LogP contribution is 2.12. The van der Waals surface area contributed by atoms with Gasteiger partial charge in [-0.3, -0.25) is 0 Å². The molecule has 0 radical (unpaired) electrons. The number of unbranched alkanes of at least 4 members (excludes halogenated alkanes) is 1. The van der Waals surface area contributed by atoms with E-state index in [4.69, 9.17) is 16.7 Å². The Morgan fingerprint density at radius 1 is 1.30 bits per heavy atom. The van der Waals surface area contributed by atoms with Gasteiger partial charge in [-0.15, -0.1) is 11.6 Å². The first-order valence-corrected chi connectivity index (χ1v) is 4.49. The molecule has 62 valence electrons. The number of aliphatic hydroxyl groups excluding tert-OH is 1. The van der Waals surface area contributed by atoms with Crippen molar-refractivity contribution in [3.05, 3.63) is 0 Å². The molecule has 0 spiro atoms. The lowest BCUT2D eigenvalue weighted by molar-refractivity contribution is 0.283. The summed E-state index contributed by atoms with van der Waals surface area (Å²) in [5.74, 6) is 0. The van der Waals surface area contributed by atoms with E-state index in [1.807, 2.05) is 0 Å². The molecule has 10 heavy (non-hydrogen) atoms. The van der Waals surface area contributed by atoms with E-state index in [-0.39, 0.29) is 12.0 Å². The Bertz CT molecular complexity index is 58.3. The van der Waals surface area contributed by atoms with E-state index in [0.29, 0.717) is 0 Å². The maximum atomic E-state index is 8.48. The quantitative estimate of drug-likeness (QED) is 0.599. The number of rotatable bonds is 6. The lowest BCUT2D eigenvalue weighted by Crippen LogP contribution is -1.99. The van der Waals surface area contributed by atoms with Gasteiger partial charge in [-0.2, -0.15) is 0 Å². The minimum atomic E-state index is 0.273. The normalized spacial score (nSPS) is 13.5. The molecule has 1 N–H and O–H groups in total. The molecule has 1 nitrogen and oxygen atoms in total. The maximum absolute atomic E-state index is 8.48. The third-order valence-corrected chi connectivity index (χ3v) is 1.98. The van der Waals surface area contributed by atoms with Crippen molar-refractivity contribution in [2.75, 3.05) is 6.61 Å². The van der Waals surface area contributed by atoms with Crippen LogP contribution < -0.4 is 0 Å². The second-order valence-electron chi connectivity index (χ2n) is 2.61. The zero-order chi connectivity index (χ0) is 7.82. The average Bonchev–Trinajstić information content (AvgIpc) is 1.97. The van der Waals surface area contributed by atoms with Crippen molar-refractivity contribution in [2.24, 2.45) is 0 Å². The predicted octanol–water partition coefficient (Wildman–Crippen LogP) is 2.56. The van der Waals surface area contributed by atoms with E-state index in [9.17, 15) is 0 Å². The van der Waals surface area contributed by atoms with Crippen molar-refractivity contribution >= 4 is 11.6 Å². The number of hydrogen-bond donors (Lipinski definition) is 1. The van der Waals surface area contributed by atoms with Crippen molar-refractivity contribution in [3.8, 4) is 0 Å². The van der Waals surface area contributed by atoms with Crippen LogP contribution in [0.2, 0.25) is 0 Å². The minimum absolute atomic E-state index is 0.273. The van der Waals surface area contributed by atoms with Gasteiger partial charge in [-0.1, -0.05) is 19.8 Å². The van der Waals surface area contributed by atoms with Crippen LogP contribution in [0.15, 0.2) is 0 Å². The van der Waals surface area contributed by atoms with E-state index in [1.165, 1.54) is 12.8 Å². The van der Waals surface area contributed by atoms with Crippen molar-refractivity contribution in [1.82, 2.24) is 0 Å². The Hall–Kier alpha value is 0.250. The van der Waals surface area contributed by atoms with Crippen molar-refractivity contribution in [2.45, 2.75) is 44.4 Å². The Balaban J connectivity index is 3.00. The first-order valence-electron chi connectivity index (χ1n) is 4.06. The molecular formula is C8H17ClO. The van der Waals surface area contributed by atoms with Gasteiger partial charge < -0.3 is 5.11 Å². The van der Waals surface area contributed by atoms with E-state index < -0.39 is 0 Å². The van der Waals surface area contributed by atoms with Crippen molar-refractivity contribution in [3.63, 3.8) is 0 Å². The lowest BCUT2D eigenvalue weighted by atomic mass is 10.1. The second-order valence-corrected chi connectivity index (χ2v) is 3.22. The molecule has 0 fully saturated rings.